The second-order valence-electron chi connectivity index (χ2n) is 4.02. The van der Waals surface area contributed by atoms with Crippen molar-refractivity contribution >= 4 is 37.3 Å². The molecule has 3 N–H and O–H groups in total. The molecule has 7 heteroatoms. The molecular formula is C12H12BrN3O2S. The summed E-state index contributed by atoms with van der Waals surface area (Å²) in [6.07, 6.45) is 2.81. The molecule has 0 spiro atoms. The molecule has 0 aliphatic rings. The predicted octanol–water partition coefficient (Wildman–Crippen LogP) is 2.54. The number of nitrogens with one attached hydrogen (secondary N) is 1. The summed E-state index contributed by atoms with van der Waals surface area (Å²) < 4.78 is 27.4. The topological polar surface area (TPSA) is 85.1 Å². The summed E-state index contributed by atoms with van der Waals surface area (Å²) in [7, 11) is -3.65. The number of nitrogens with zero attached hydrogens (tertiary/aromatic N) is 1. The molecular weight excluding hydrogens is 330 g/mol. The molecule has 1 aromatic heterocycles. The van der Waals surface area contributed by atoms with Crippen LogP contribution in [0, 0.1) is 6.92 Å². The number of hydrogen-bond acceptors (Lipinski definition) is 4. The Morgan fingerprint density at radius 2 is 2.00 bits per heavy atom. The Labute approximate surface area is 120 Å². The van der Waals surface area contributed by atoms with Crippen molar-refractivity contribution in [2.45, 2.75) is 11.8 Å². The van der Waals surface area contributed by atoms with Gasteiger partial charge in [-0.2, -0.15) is 0 Å². The van der Waals surface area contributed by atoms with Crippen molar-refractivity contribution in [3.05, 3.63) is 46.7 Å². The molecule has 5 nitrogen and oxygen atoms in total. The van der Waals surface area contributed by atoms with E-state index in [-0.39, 0.29) is 4.90 Å². The van der Waals surface area contributed by atoms with Crippen molar-refractivity contribution in [1.82, 2.24) is 4.98 Å². The first-order valence-electron chi connectivity index (χ1n) is 5.38. The van der Waals surface area contributed by atoms with Gasteiger partial charge in [0.05, 0.1) is 0 Å². The standard InChI is InChI=1S/C12H12BrN3O2S/c1-8-4-10(2-3-12(8)14)16-19(17,18)11-5-9(13)6-15-7-11/h2-7,16H,14H2,1H3. The van der Waals surface area contributed by atoms with Crippen LogP contribution in [0.15, 0.2) is 46.0 Å². The first kappa shape index (κ1) is 13.8. The van der Waals surface area contributed by atoms with Gasteiger partial charge in [-0.15, -0.1) is 0 Å². The van der Waals surface area contributed by atoms with Crippen LogP contribution in [-0.4, -0.2) is 13.4 Å². The Morgan fingerprint density at radius 1 is 1.26 bits per heavy atom. The van der Waals surface area contributed by atoms with Crippen LogP contribution in [0.4, 0.5) is 11.4 Å². The Balaban J connectivity index is 2.33. The van der Waals surface area contributed by atoms with Gasteiger partial charge in [-0.25, -0.2) is 8.42 Å². The molecule has 0 atom stereocenters. The van der Waals surface area contributed by atoms with E-state index in [4.69, 9.17) is 5.73 Å². The molecule has 0 aliphatic carbocycles. The summed E-state index contributed by atoms with van der Waals surface area (Å²) in [5.74, 6) is 0. The smallest absolute Gasteiger partial charge is 0.263 e. The van der Waals surface area contributed by atoms with Crippen LogP contribution in [0.2, 0.25) is 0 Å². The van der Waals surface area contributed by atoms with Crippen LogP contribution >= 0.6 is 15.9 Å². The molecule has 0 radical (unpaired) electrons. The lowest BCUT2D eigenvalue weighted by atomic mass is 10.2. The number of anilines is 2. The summed E-state index contributed by atoms with van der Waals surface area (Å²) in [6.45, 7) is 1.81. The molecule has 19 heavy (non-hydrogen) atoms. The zero-order valence-electron chi connectivity index (χ0n) is 10.1. The van der Waals surface area contributed by atoms with Crippen LogP contribution in [-0.2, 0) is 10.0 Å². The molecule has 2 rings (SSSR count). The summed E-state index contributed by atoms with van der Waals surface area (Å²) in [6, 6.07) is 6.44. The van der Waals surface area contributed by atoms with E-state index in [2.05, 4.69) is 25.6 Å². The lowest BCUT2D eigenvalue weighted by Gasteiger charge is -2.09. The molecule has 0 aliphatic heterocycles. The van der Waals surface area contributed by atoms with Gasteiger partial charge >= 0.3 is 0 Å². The van der Waals surface area contributed by atoms with Crippen molar-refractivity contribution in [2.75, 3.05) is 10.5 Å². The summed E-state index contributed by atoms with van der Waals surface area (Å²) in [4.78, 5) is 3.93. The minimum atomic E-state index is -3.65. The number of nitrogen functional groups attached to an aromatic ring is 1. The maximum Gasteiger partial charge on any atom is 0.263 e. The number of halogens is 1. The van der Waals surface area contributed by atoms with E-state index in [1.165, 1.54) is 18.5 Å². The zero-order valence-corrected chi connectivity index (χ0v) is 12.5. The number of pyridine rings is 1. The Morgan fingerprint density at radius 3 is 2.63 bits per heavy atom. The highest BCUT2D eigenvalue weighted by Gasteiger charge is 2.15. The van der Waals surface area contributed by atoms with Crippen molar-refractivity contribution in [1.29, 1.82) is 0 Å². The molecule has 1 aromatic carbocycles. The van der Waals surface area contributed by atoms with Crippen LogP contribution in [0.5, 0.6) is 0 Å². The minimum absolute atomic E-state index is 0.0938. The molecule has 0 saturated carbocycles. The fourth-order valence-electron chi connectivity index (χ4n) is 1.49. The van der Waals surface area contributed by atoms with Crippen molar-refractivity contribution in [3.8, 4) is 0 Å². The third-order valence-electron chi connectivity index (χ3n) is 2.51. The fourth-order valence-corrected chi connectivity index (χ4v) is 3.05. The van der Waals surface area contributed by atoms with Crippen LogP contribution in [0.1, 0.15) is 5.56 Å². The molecule has 1 heterocycles. The maximum atomic E-state index is 12.1. The maximum absolute atomic E-state index is 12.1. The van der Waals surface area contributed by atoms with Crippen molar-refractivity contribution in [2.24, 2.45) is 0 Å². The van der Waals surface area contributed by atoms with Crippen molar-refractivity contribution < 1.29 is 8.42 Å². The largest absolute Gasteiger partial charge is 0.399 e. The van der Waals surface area contributed by atoms with Crippen LogP contribution < -0.4 is 10.5 Å². The van der Waals surface area contributed by atoms with Gasteiger partial charge in [0.1, 0.15) is 4.90 Å². The second kappa shape index (κ2) is 5.18. The number of benzene rings is 1. The summed E-state index contributed by atoms with van der Waals surface area (Å²) in [5.41, 5.74) is 7.58. The van der Waals surface area contributed by atoms with Gasteiger partial charge in [0.2, 0.25) is 0 Å². The fraction of sp³-hybridized carbons (Fsp3) is 0.0833. The van der Waals surface area contributed by atoms with Gasteiger partial charge in [-0.1, -0.05) is 0 Å². The van der Waals surface area contributed by atoms with E-state index in [0.29, 0.717) is 15.8 Å². The van der Waals surface area contributed by atoms with E-state index in [1.54, 1.807) is 18.2 Å². The number of aryl methyl sites for hydroxylation is 1. The predicted molar refractivity (Wildman–Crippen MR) is 78.3 cm³/mol. The molecule has 0 unspecified atom stereocenters. The van der Waals surface area contributed by atoms with E-state index < -0.39 is 10.0 Å². The SMILES string of the molecule is Cc1cc(NS(=O)(=O)c2cncc(Br)c2)ccc1N. The Hall–Kier alpha value is -1.60. The molecule has 2 aromatic rings. The molecule has 0 bridgehead atoms. The van der Waals surface area contributed by atoms with Crippen LogP contribution in [0.3, 0.4) is 0 Å². The quantitative estimate of drug-likeness (QED) is 0.840. The first-order chi connectivity index (χ1) is 8.88. The normalized spacial score (nSPS) is 11.3. The van der Waals surface area contributed by atoms with Crippen LogP contribution in [0.25, 0.3) is 0 Å². The van der Waals surface area contributed by atoms with E-state index in [0.717, 1.165) is 5.56 Å². The number of hydrogen-bond donors (Lipinski definition) is 2. The van der Waals surface area contributed by atoms with E-state index in [1.807, 2.05) is 6.92 Å². The lowest BCUT2D eigenvalue weighted by Crippen LogP contribution is -2.13. The molecule has 0 fully saturated rings. The van der Waals surface area contributed by atoms with Gasteiger partial charge in [0.15, 0.2) is 0 Å². The highest BCUT2D eigenvalue weighted by Crippen LogP contribution is 2.21. The van der Waals surface area contributed by atoms with E-state index in [9.17, 15) is 8.42 Å². The Kier molecular flexibility index (Phi) is 3.77. The monoisotopic (exact) mass is 341 g/mol. The third-order valence-corrected chi connectivity index (χ3v) is 4.29. The number of nitrogens with two attached hydrogens (primary N) is 1. The Bertz CT molecular complexity index is 717. The highest BCUT2D eigenvalue weighted by atomic mass is 79.9. The minimum Gasteiger partial charge on any atom is -0.399 e. The average molecular weight is 342 g/mol. The van der Waals surface area contributed by atoms with Gasteiger partial charge < -0.3 is 5.73 Å². The molecule has 100 valence electrons. The summed E-state index contributed by atoms with van der Waals surface area (Å²) >= 11 is 3.19. The first-order valence-corrected chi connectivity index (χ1v) is 7.65. The number of rotatable bonds is 3. The number of aromatic nitrogens is 1. The van der Waals surface area contributed by atoms with Gasteiger partial charge in [-0.3, -0.25) is 9.71 Å². The van der Waals surface area contributed by atoms with Crippen molar-refractivity contribution in [3.63, 3.8) is 0 Å². The third kappa shape index (κ3) is 3.24. The molecule has 0 saturated heterocycles. The van der Waals surface area contributed by atoms with Gasteiger partial charge in [0, 0.05) is 28.2 Å². The lowest BCUT2D eigenvalue weighted by molar-refractivity contribution is 0.600. The van der Waals surface area contributed by atoms with Gasteiger partial charge in [-0.05, 0) is 52.7 Å². The highest BCUT2D eigenvalue weighted by molar-refractivity contribution is 9.10. The average Bonchev–Trinajstić information content (AvgIpc) is 2.33. The second-order valence-corrected chi connectivity index (χ2v) is 6.61. The molecule has 0 amide bonds. The zero-order chi connectivity index (χ0) is 14.0. The summed E-state index contributed by atoms with van der Waals surface area (Å²) in [5, 5.41) is 0. The van der Waals surface area contributed by atoms with Gasteiger partial charge in [0.25, 0.3) is 10.0 Å². The van der Waals surface area contributed by atoms with E-state index >= 15 is 0 Å². The number of sulfonamides is 1.